The summed E-state index contributed by atoms with van der Waals surface area (Å²) in [6.45, 7) is 0. The number of imidazole rings is 1. The van der Waals surface area contributed by atoms with E-state index >= 15 is 0 Å². The van der Waals surface area contributed by atoms with Crippen molar-refractivity contribution in [2.24, 2.45) is 0 Å². The fraction of sp³-hybridized carbons (Fsp3) is 0. The van der Waals surface area contributed by atoms with Gasteiger partial charge in [-0.2, -0.15) is 0 Å². The molecule has 3 aromatic heterocycles. The van der Waals surface area contributed by atoms with Gasteiger partial charge in [0.15, 0.2) is 12.4 Å². The average molecular weight is 797 g/mol. The number of fused-ring (bicyclic) bond motifs is 7. The minimum absolute atomic E-state index is 0. The second kappa shape index (κ2) is 16.0. The number of nitrogens with zero attached hydrogens (tertiary/aromatic N) is 2. The Morgan fingerprint density at radius 2 is 0.984 bits per heavy atom. The van der Waals surface area contributed by atoms with Crippen LogP contribution in [0.2, 0.25) is 0 Å². The first-order valence-corrected chi connectivity index (χ1v) is 20.4. The van der Waals surface area contributed by atoms with Gasteiger partial charge in [0.2, 0.25) is 11.0 Å². The molecule has 8 heteroatoms. The van der Waals surface area contributed by atoms with Crippen LogP contribution in [-0.2, 0) is 0 Å². The van der Waals surface area contributed by atoms with Crippen molar-refractivity contribution < 1.29 is 57.9 Å². The largest absolute Gasteiger partial charge is 1.00 e. The molecule has 0 aliphatic heterocycles. The Morgan fingerprint density at radius 1 is 0.413 bits per heavy atom. The molecule has 0 atom stereocenters. The summed E-state index contributed by atoms with van der Waals surface area (Å²) in [5, 5.41) is 36.4. The van der Waals surface area contributed by atoms with Crippen LogP contribution in [0.4, 0.5) is 0 Å². The van der Waals surface area contributed by atoms with E-state index in [1.54, 1.807) is 12.4 Å². The fourth-order valence-corrected chi connectivity index (χ4v) is 9.44. The van der Waals surface area contributed by atoms with Gasteiger partial charge in [0, 0.05) is 34.2 Å². The Kier molecular flexibility index (Phi) is 10.1. The SMILES string of the molecule is [Li+].[Li+].[O-]c1c(-c2c3ccccc3c(-c3ccc4ccc[nH+]c4c3[O-])c3c2ccc2c(-c4ccc(-c5nc6ccccc6n5-c5ccccc5)cc4)cccc23)ccc2ccc[nH+]c12. The molecule has 0 saturated heterocycles. The topological polar surface area (TPSA) is 92.2 Å². The van der Waals surface area contributed by atoms with Crippen LogP contribution in [0.5, 0.6) is 11.5 Å². The molecule has 0 radical (unpaired) electrons. The molecule has 0 spiro atoms. The smallest absolute Gasteiger partial charge is 0.868 e. The monoisotopic (exact) mass is 796 g/mol. The third kappa shape index (κ3) is 6.31. The van der Waals surface area contributed by atoms with E-state index in [4.69, 9.17) is 4.98 Å². The average Bonchev–Trinajstić information content (AvgIpc) is 3.71. The maximum atomic E-state index is 14.6. The normalized spacial score (nSPS) is 11.4. The van der Waals surface area contributed by atoms with E-state index in [-0.39, 0.29) is 49.2 Å². The molecule has 0 bridgehead atoms. The maximum absolute atomic E-state index is 14.6. The van der Waals surface area contributed by atoms with E-state index < -0.39 is 0 Å². The van der Waals surface area contributed by atoms with Crippen LogP contribution in [0.25, 0.3) is 116 Å². The standard InChI is InChI=1S/C55H34N4O2.2Li/c60-53-44(27-25-34-11-9-31-56-51(34)53)48-41-15-4-5-16-42(41)50(45-28-26-35-12-10-32-57-52(35)54(45)61)49-40-18-8-17-38(39(40)29-30-43(48)49)33-21-23-36(24-22-33)55-58-46-19-6-7-20-47(46)59(55)37-13-2-1-3-14-37;;/h1-32,60-61H;;/q;2*+1. The molecule has 286 valence electrons. The van der Waals surface area contributed by atoms with E-state index in [1.807, 2.05) is 78.9 Å². The van der Waals surface area contributed by atoms with E-state index in [0.717, 1.165) is 93.5 Å². The molecule has 12 rings (SSSR count). The first-order chi connectivity index (χ1) is 30.1. The molecule has 0 aliphatic rings. The zero-order chi connectivity index (χ0) is 40.6. The Morgan fingerprint density at radius 3 is 1.68 bits per heavy atom. The molecular weight excluding hydrogens is 763 g/mol. The van der Waals surface area contributed by atoms with E-state index in [0.29, 0.717) is 22.2 Å². The third-order valence-corrected chi connectivity index (χ3v) is 12.2. The minimum Gasteiger partial charge on any atom is -0.868 e. The number of rotatable bonds is 5. The van der Waals surface area contributed by atoms with Crippen molar-refractivity contribution in [3.8, 4) is 62.0 Å². The number of aromatic amines is 2. The van der Waals surface area contributed by atoms with Crippen LogP contribution in [0.3, 0.4) is 0 Å². The number of pyridine rings is 2. The zero-order valence-electron chi connectivity index (χ0n) is 34.7. The molecule has 2 N–H and O–H groups in total. The van der Waals surface area contributed by atoms with Gasteiger partial charge in [0.25, 0.3) is 0 Å². The summed E-state index contributed by atoms with van der Waals surface area (Å²) in [5.41, 5.74) is 10.1. The summed E-state index contributed by atoms with van der Waals surface area (Å²) in [6, 6.07) is 61.7. The summed E-state index contributed by atoms with van der Waals surface area (Å²) in [5.74, 6) is 0.723. The number of aromatic nitrogens is 4. The van der Waals surface area contributed by atoms with Crippen molar-refractivity contribution in [3.05, 3.63) is 194 Å². The predicted octanol–water partition coefficient (Wildman–Crippen LogP) is 5.24. The van der Waals surface area contributed by atoms with Gasteiger partial charge in [-0.3, -0.25) is 4.57 Å². The van der Waals surface area contributed by atoms with Crippen molar-refractivity contribution in [1.29, 1.82) is 0 Å². The van der Waals surface area contributed by atoms with Crippen molar-refractivity contribution >= 4 is 65.2 Å². The number of H-pyrrole nitrogens is 2. The molecule has 63 heavy (non-hydrogen) atoms. The summed E-state index contributed by atoms with van der Waals surface area (Å²) in [6.07, 6.45) is 3.59. The van der Waals surface area contributed by atoms with Crippen LogP contribution < -0.4 is 57.9 Å². The van der Waals surface area contributed by atoms with Crippen molar-refractivity contribution in [2.45, 2.75) is 0 Å². The van der Waals surface area contributed by atoms with Gasteiger partial charge in [-0.1, -0.05) is 121 Å². The Balaban J connectivity index is 0.00000236. The van der Waals surface area contributed by atoms with Gasteiger partial charge in [-0.05, 0) is 126 Å². The van der Waals surface area contributed by atoms with E-state index in [2.05, 4.69) is 118 Å². The first kappa shape index (κ1) is 39.9. The fourth-order valence-electron chi connectivity index (χ4n) is 9.44. The quantitative estimate of drug-likeness (QED) is 0.136. The first-order valence-electron chi connectivity index (χ1n) is 20.4. The molecule has 9 aromatic carbocycles. The molecule has 0 amide bonds. The molecule has 12 aromatic rings. The molecule has 0 unspecified atom stereocenters. The summed E-state index contributed by atoms with van der Waals surface area (Å²) >= 11 is 0. The summed E-state index contributed by atoms with van der Waals surface area (Å²) in [4.78, 5) is 11.5. The van der Waals surface area contributed by atoms with Gasteiger partial charge < -0.3 is 10.2 Å². The zero-order valence-corrected chi connectivity index (χ0v) is 34.7. The number of benzene rings is 9. The Bertz CT molecular complexity index is 3740. The number of nitrogens with one attached hydrogen (secondary N) is 2. The van der Waals surface area contributed by atoms with Crippen molar-refractivity contribution in [1.82, 2.24) is 9.55 Å². The molecule has 3 heterocycles. The van der Waals surface area contributed by atoms with Crippen LogP contribution >= 0.6 is 0 Å². The van der Waals surface area contributed by atoms with Gasteiger partial charge in [0.1, 0.15) is 5.82 Å². The molecule has 6 nitrogen and oxygen atoms in total. The Labute approximate surface area is 386 Å². The second-order valence-electron chi connectivity index (χ2n) is 15.5. The Hall–Kier alpha value is -7.16. The van der Waals surface area contributed by atoms with Gasteiger partial charge >= 0.3 is 37.7 Å². The van der Waals surface area contributed by atoms with Crippen LogP contribution in [-0.4, -0.2) is 9.55 Å². The second-order valence-corrected chi connectivity index (χ2v) is 15.5. The van der Waals surface area contributed by atoms with Crippen LogP contribution in [0.15, 0.2) is 194 Å². The van der Waals surface area contributed by atoms with Gasteiger partial charge in [-0.25, -0.2) is 15.0 Å². The third-order valence-electron chi connectivity index (χ3n) is 12.2. The molecule has 0 saturated carbocycles. The van der Waals surface area contributed by atoms with Crippen molar-refractivity contribution in [3.63, 3.8) is 0 Å². The maximum Gasteiger partial charge on any atom is 1.00 e. The minimum atomic E-state index is -0.0765. The van der Waals surface area contributed by atoms with Crippen LogP contribution in [0, 0.1) is 0 Å². The van der Waals surface area contributed by atoms with Crippen LogP contribution in [0.1, 0.15) is 0 Å². The summed E-state index contributed by atoms with van der Waals surface area (Å²) < 4.78 is 2.22. The van der Waals surface area contributed by atoms with Gasteiger partial charge in [-0.15, -0.1) is 0 Å². The molecule has 0 aliphatic carbocycles. The molecule has 0 fully saturated rings. The van der Waals surface area contributed by atoms with Gasteiger partial charge in [0.05, 0.1) is 11.0 Å². The number of hydrogen-bond acceptors (Lipinski definition) is 3. The number of hydrogen-bond donors (Lipinski definition) is 0. The van der Waals surface area contributed by atoms with E-state index in [1.165, 1.54) is 0 Å². The predicted molar refractivity (Wildman–Crippen MR) is 242 cm³/mol. The van der Waals surface area contributed by atoms with E-state index in [9.17, 15) is 10.2 Å². The molecular formula is C55H34Li2N4O2+2. The van der Waals surface area contributed by atoms with Crippen molar-refractivity contribution in [2.75, 3.05) is 0 Å². The number of para-hydroxylation sites is 3. The summed E-state index contributed by atoms with van der Waals surface area (Å²) in [7, 11) is 0.